The highest BCUT2D eigenvalue weighted by Crippen LogP contribution is 2.17. The Morgan fingerprint density at radius 1 is 1.22 bits per heavy atom. The third kappa shape index (κ3) is 3.34. The van der Waals surface area contributed by atoms with E-state index in [1.165, 1.54) is 11.8 Å². The minimum Gasteiger partial charge on any atom is -0.497 e. The van der Waals surface area contributed by atoms with Gasteiger partial charge in [-0.15, -0.1) is 0 Å². The molecule has 0 saturated carbocycles. The fraction of sp³-hybridized carbons (Fsp3) is 0.143. The number of rotatable bonds is 5. The summed E-state index contributed by atoms with van der Waals surface area (Å²) in [5.41, 5.74) is 0.694. The van der Waals surface area contributed by atoms with Crippen LogP contribution in [-0.4, -0.2) is 23.6 Å². The fourth-order valence-electron chi connectivity index (χ4n) is 1.43. The Kier molecular flexibility index (Phi) is 4.36. The predicted molar refractivity (Wildman–Crippen MR) is 72.3 cm³/mol. The summed E-state index contributed by atoms with van der Waals surface area (Å²) >= 11 is 1.44. The lowest BCUT2D eigenvalue weighted by Crippen LogP contribution is -2.02. The average Bonchev–Trinajstić information content (AvgIpc) is 2.46. The largest absolute Gasteiger partial charge is 0.497 e. The molecule has 0 aliphatic carbocycles. The molecular formula is C14H13NO2S. The molecule has 0 bridgehead atoms. The van der Waals surface area contributed by atoms with Gasteiger partial charge in [-0.25, -0.2) is 4.98 Å². The molecule has 4 heteroatoms. The smallest absolute Gasteiger partial charge is 0.173 e. The van der Waals surface area contributed by atoms with E-state index in [9.17, 15) is 4.79 Å². The second-order valence-corrected chi connectivity index (χ2v) is 4.60. The Bertz CT molecular complexity index is 511. The van der Waals surface area contributed by atoms with Gasteiger partial charge in [0.25, 0.3) is 0 Å². The number of carbonyl (C=O) groups excluding carboxylic acids is 1. The van der Waals surface area contributed by atoms with Crippen molar-refractivity contribution in [1.29, 1.82) is 0 Å². The molecule has 1 heterocycles. The summed E-state index contributed by atoms with van der Waals surface area (Å²) in [5, 5.41) is 0.861. The van der Waals surface area contributed by atoms with E-state index in [1.807, 2.05) is 18.2 Å². The number of Topliss-reactive ketones (excluding diaryl/α,β-unsaturated/α-hetero) is 1. The molecule has 0 aliphatic heterocycles. The second-order valence-electron chi connectivity index (χ2n) is 3.61. The number of carbonyl (C=O) groups is 1. The van der Waals surface area contributed by atoms with Crippen LogP contribution in [-0.2, 0) is 0 Å². The molecule has 3 nitrogen and oxygen atoms in total. The number of benzene rings is 1. The number of hydrogen-bond donors (Lipinski definition) is 0. The number of methoxy groups -OCH3 is 1. The van der Waals surface area contributed by atoms with Gasteiger partial charge in [0.2, 0.25) is 0 Å². The molecule has 0 atom stereocenters. The summed E-state index contributed by atoms with van der Waals surface area (Å²) < 4.78 is 5.05. The first-order chi connectivity index (χ1) is 8.79. The van der Waals surface area contributed by atoms with Crippen molar-refractivity contribution >= 4 is 17.5 Å². The molecule has 18 heavy (non-hydrogen) atoms. The van der Waals surface area contributed by atoms with Gasteiger partial charge in [-0.05, 0) is 36.4 Å². The lowest BCUT2D eigenvalue weighted by Gasteiger charge is -2.02. The van der Waals surface area contributed by atoms with Crippen LogP contribution in [0.25, 0.3) is 0 Å². The van der Waals surface area contributed by atoms with E-state index in [-0.39, 0.29) is 5.78 Å². The highest BCUT2D eigenvalue weighted by molar-refractivity contribution is 7.99. The number of ether oxygens (including phenoxy) is 1. The van der Waals surface area contributed by atoms with Crippen molar-refractivity contribution in [3.63, 3.8) is 0 Å². The lowest BCUT2D eigenvalue weighted by atomic mass is 10.1. The number of aromatic nitrogens is 1. The number of ketones is 1. The number of hydrogen-bond acceptors (Lipinski definition) is 4. The Labute approximate surface area is 110 Å². The summed E-state index contributed by atoms with van der Waals surface area (Å²) in [7, 11) is 1.60. The van der Waals surface area contributed by atoms with Gasteiger partial charge >= 0.3 is 0 Å². The van der Waals surface area contributed by atoms with Crippen molar-refractivity contribution in [1.82, 2.24) is 4.98 Å². The van der Waals surface area contributed by atoms with E-state index in [0.29, 0.717) is 11.3 Å². The molecule has 0 spiro atoms. The van der Waals surface area contributed by atoms with Crippen LogP contribution in [0.15, 0.2) is 53.7 Å². The molecular weight excluding hydrogens is 246 g/mol. The van der Waals surface area contributed by atoms with Gasteiger partial charge in [-0.1, -0.05) is 17.8 Å². The van der Waals surface area contributed by atoms with Crippen molar-refractivity contribution < 1.29 is 9.53 Å². The van der Waals surface area contributed by atoms with Crippen molar-refractivity contribution in [3.05, 3.63) is 54.2 Å². The van der Waals surface area contributed by atoms with Gasteiger partial charge < -0.3 is 4.74 Å². The molecule has 92 valence electrons. The van der Waals surface area contributed by atoms with Gasteiger partial charge in [0.05, 0.1) is 17.9 Å². The van der Waals surface area contributed by atoms with Crippen molar-refractivity contribution in [2.24, 2.45) is 0 Å². The topological polar surface area (TPSA) is 39.2 Å². The minimum absolute atomic E-state index is 0.0910. The first-order valence-corrected chi connectivity index (χ1v) is 6.49. The number of nitrogens with zero attached hydrogens (tertiary/aromatic N) is 1. The average molecular weight is 259 g/mol. The summed E-state index contributed by atoms with van der Waals surface area (Å²) in [6.07, 6.45) is 1.72. The van der Waals surface area contributed by atoms with Crippen LogP contribution >= 0.6 is 11.8 Å². The Morgan fingerprint density at radius 3 is 2.61 bits per heavy atom. The summed E-state index contributed by atoms with van der Waals surface area (Å²) in [4.78, 5) is 16.1. The molecule has 1 aromatic heterocycles. The number of pyridine rings is 1. The van der Waals surface area contributed by atoms with Crippen molar-refractivity contribution in [3.8, 4) is 5.75 Å². The van der Waals surface area contributed by atoms with E-state index in [0.717, 1.165) is 10.8 Å². The van der Waals surface area contributed by atoms with Gasteiger partial charge in [-0.3, -0.25) is 4.79 Å². The van der Waals surface area contributed by atoms with Gasteiger partial charge in [0.15, 0.2) is 5.78 Å². The maximum atomic E-state index is 11.9. The summed E-state index contributed by atoms with van der Waals surface area (Å²) in [6, 6.07) is 12.8. The molecule has 0 radical (unpaired) electrons. The van der Waals surface area contributed by atoms with Crippen LogP contribution in [0.5, 0.6) is 5.75 Å². The summed E-state index contributed by atoms with van der Waals surface area (Å²) in [6.45, 7) is 0. The Balaban J connectivity index is 1.95. The zero-order chi connectivity index (χ0) is 12.8. The molecule has 0 saturated heterocycles. The zero-order valence-corrected chi connectivity index (χ0v) is 10.8. The van der Waals surface area contributed by atoms with E-state index >= 15 is 0 Å². The van der Waals surface area contributed by atoms with E-state index in [1.54, 1.807) is 37.6 Å². The molecule has 0 amide bonds. The molecule has 0 aliphatic rings. The first kappa shape index (κ1) is 12.6. The quantitative estimate of drug-likeness (QED) is 0.611. The molecule has 0 fully saturated rings. The molecule has 2 aromatic rings. The predicted octanol–water partition coefficient (Wildman–Crippen LogP) is 3.07. The maximum absolute atomic E-state index is 11.9. The van der Waals surface area contributed by atoms with E-state index in [2.05, 4.69) is 4.98 Å². The molecule has 2 rings (SSSR count). The summed E-state index contributed by atoms with van der Waals surface area (Å²) in [5.74, 6) is 1.24. The normalized spacial score (nSPS) is 10.1. The van der Waals surface area contributed by atoms with Crippen LogP contribution in [0.1, 0.15) is 10.4 Å². The van der Waals surface area contributed by atoms with Gasteiger partial charge in [0.1, 0.15) is 5.75 Å². The standard InChI is InChI=1S/C14H13NO2S/c1-17-12-7-5-11(6-8-12)13(16)10-18-14-4-2-3-9-15-14/h2-9H,10H2,1H3. The third-order valence-corrected chi connectivity index (χ3v) is 3.34. The van der Waals surface area contributed by atoms with Crippen molar-refractivity contribution in [2.45, 2.75) is 5.03 Å². The highest BCUT2D eigenvalue weighted by atomic mass is 32.2. The van der Waals surface area contributed by atoms with Gasteiger partial charge in [-0.2, -0.15) is 0 Å². The zero-order valence-electron chi connectivity index (χ0n) is 10.00. The SMILES string of the molecule is COc1ccc(C(=O)CSc2ccccn2)cc1. The van der Waals surface area contributed by atoms with Crippen LogP contribution in [0, 0.1) is 0 Å². The minimum atomic E-state index is 0.0910. The van der Waals surface area contributed by atoms with Crippen LogP contribution in [0.3, 0.4) is 0 Å². The van der Waals surface area contributed by atoms with E-state index < -0.39 is 0 Å². The van der Waals surface area contributed by atoms with Crippen molar-refractivity contribution in [2.75, 3.05) is 12.9 Å². The fourth-order valence-corrected chi connectivity index (χ4v) is 2.19. The molecule has 1 aromatic carbocycles. The van der Waals surface area contributed by atoms with Crippen LogP contribution < -0.4 is 4.74 Å². The van der Waals surface area contributed by atoms with Crippen LogP contribution in [0.4, 0.5) is 0 Å². The highest BCUT2D eigenvalue weighted by Gasteiger charge is 2.07. The van der Waals surface area contributed by atoms with Gasteiger partial charge in [0, 0.05) is 11.8 Å². The van der Waals surface area contributed by atoms with E-state index in [4.69, 9.17) is 4.74 Å². The van der Waals surface area contributed by atoms with Crippen LogP contribution in [0.2, 0.25) is 0 Å². The molecule has 0 N–H and O–H groups in total. The maximum Gasteiger partial charge on any atom is 0.173 e. The lowest BCUT2D eigenvalue weighted by molar-refractivity contribution is 0.102. The second kappa shape index (κ2) is 6.21. The third-order valence-electron chi connectivity index (χ3n) is 2.40. The number of thioether (sulfide) groups is 1. The monoisotopic (exact) mass is 259 g/mol. The Morgan fingerprint density at radius 2 is 2.00 bits per heavy atom. The first-order valence-electron chi connectivity index (χ1n) is 5.50. The Hall–Kier alpha value is -1.81. The molecule has 0 unspecified atom stereocenters.